The van der Waals surface area contributed by atoms with Gasteiger partial charge >= 0.3 is 0 Å². The van der Waals surface area contributed by atoms with Gasteiger partial charge in [0.05, 0.1) is 17.1 Å². The molecule has 5 heteroatoms. The maximum atomic E-state index is 12.3. The lowest BCUT2D eigenvalue weighted by Crippen LogP contribution is -2.26. The number of rotatable bonds is 4. The van der Waals surface area contributed by atoms with Crippen molar-refractivity contribution in [2.24, 2.45) is 5.41 Å². The summed E-state index contributed by atoms with van der Waals surface area (Å²) < 4.78 is 0. The SMILES string of the molecule is CCN(Cc1cccs1)c1nc2c(s1)C(=O)CC(C)(C)C2. The minimum Gasteiger partial charge on any atom is -0.343 e. The van der Waals surface area contributed by atoms with Crippen LogP contribution in [0.5, 0.6) is 0 Å². The van der Waals surface area contributed by atoms with Crippen LogP contribution in [0.3, 0.4) is 0 Å². The minimum atomic E-state index is 0.0419. The zero-order valence-corrected chi connectivity index (χ0v) is 14.3. The summed E-state index contributed by atoms with van der Waals surface area (Å²) in [6, 6.07) is 4.22. The van der Waals surface area contributed by atoms with Crippen LogP contribution in [-0.4, -0.2) is 17.3 Å². The first-order chi connectivity index (χ1) is 9.98. The highest BCUT2D eigenvalue weighted by Gasteiger charge is 2.34. The molecule has 112 valence electrons. The van der Waals surface area contributed by atoms with E-state index in [0.29, 0.717) is 6.42 Å². The largest absolute Gasteiger partial charge is 0.343 e. The molecule has 0 atom stereocenters. The predicted octanol–water partition coefficient (Wildman–Crippen LogP) is 4.39. The molecular formula is C16H20N2OS2. The number of hydrogen-bond donors (Lipinski definition) is 0. The summed E-state index contributed by atoms with van der Waals surface area (Å²) in [7, 11) is 0. The van der Waals surface area contributed by atoms with Crippen molar-refractivity contribution in [2.75, 3.05) is 11.4 Å². The lowest BCUT2D eigenvalue weighted by molar-refractivity contribution is 0.0916. The number of fused-ring (bicyclic) bond motifs is 1. The van der Waals surface area contributed by atoms with Gasteiger partial charge in [-0.05, 0) is 30.2 Å². The van der Waals surface area contributed by atoms with Gasteiger partial charge in [-0.25, -0.2) is 4.98 Å². The van der Waals surface area contributed by atoms with Crippen LogP contribution in [0, 0.1) is 5.41 Å². The Hall–Kier alpha value is -1.20. The van der Waals surface area contributed by atoms with Gasteiger partial charge in [0.25, 0.3) is 0 Å². The molecule has 0 radical (unpaired) electrons. The topological polar surface area (TPSA) is 33.2 Å². The average molecular weight is 320 g/mol. The molecule has 3 nitrogen and oxygen atoms in total. The van der Waals surface area contributed by atoms with Gasteiger partial charge in [-0.3, -0.25) is 4.79 Å². The fourth-order valence-corrected chi connectivity index (χ4v) is 4.55. The monoisotopic (exact) mass is 320 g/mol. The fraction of sp³-hybridized carbons (Fsp3) is 0.500. The van der Waals surface area contributed by atoms with Gasteiger partial charge in [0.15, 0.2) is 10.9 Å². The normalized spacial score (nSPS) is 16.8. The van der Waals surface area contributed by atoms with E-state index in [1.807, 2.05) is 0 Å². The number of thiophene rings is 1. The summed E-state index contributed by atoms with van der Waals surface area (Å²) in [5.74, 6) is 0.261. The lowest BCUT2D eigenvalue weighted by atomic mass is 9.78. The number of aromatic nitrogens is 1. The van der Waals surface area contributed by atoms with Crippen LogP contribution in [0.15, 0.2) is 17.5 Å². The molecule has 0 aliphatic heterocycles. The number of anilines is 1. The third kappa shape index (κ3) is 3.04. The summed E-state index contributed by atoms with van der Waals surface area (Å²) in [5, 5.41) is 3.09. The van der Waals surface area contributed by atoms with Crippen molar-refractivity contribution in [1.82, 2.24) is 4.98 Å². The molecule has 3 rings (SSSR count). The van der Waals surface area contributed by atoms with Crippen molar-refractivity contribution in [3.63, 3.8) is 0 Å². The number of Topliss-reactive ketones (excluding diaryl/α,β-unsaturated/α-hetero) is 1. The Balaban J connectivity index is 1.88. The van der Waals surface area contributed by atoms with Gasteiger partial charge in [0.2, 0.25) is 0 Å². The molecule has 0 unspecified atom stereocenters. The van der Waals surface area contributed by atoms with Crippen LogP contribution in [0.4, 0.5) is 5.13 Å². The Bertz CT molecular complexity index is 643. The van der Waals surface area contributed by atoms with Crippen LogP contribution >= 0.6 is 22.7 Å². The van der Waals surface area contributed by atoms with Crippen molar-refractivity contribution in [3.8, 4) is 0 Å². The molecular weight excluding hydrogens is 300 g/mol. The highest BCUT2D eigenvalue weighted by Crippen LogP contribution is 2.39. The summed E-state index contributed by atoms with van der Waals surface area (Å²) in [4.78, 5) is 21.5. The van der Waals surface area contributed by atoms with Gasteiger partial charge in [0.1, 0.15) is 0 Å². The maximum Gasteiger partial charge on any atom is 0.186 e. The average Bonchev–Trinajstić information content (AvgIpc) is 3.03. The predicted molar refractivity (Wildman–Crippen MR) is 89.6 cm³/mol. The van der Waals surface area contributed by atoms with E-state index in [4.69, 9.17) is 4.98 Å². The van der Waals surface area contributed by atoms with E-state index >= 15 is 0 Å². The second kappa shape index (κ2) is 5.54. The van der Waals surface area contributed by atoms with E-state index in [1.165, 1.54) is 4.88 Å². The van der Waals surface area contributed by atoms with Crippen molar-refractivity contribution < 1.29 is 4.79 Å². The van der Waals surface area contributed by atoms with Crippen molar-refractivity contribution in [3.05, 3.63) is 33.0 Å². The molecule has 0 fully saturated rings. The Morgan fingerprint density at radius 2 is 2.19 bits per heavy atom. The molecule has 0 amide bonds. The maximum absolute atomic E-state index is 12.3. The highest BCUT2D eigenvalue weighted by molar-refractivity contribution is 7.17. The van der Waals surface area contributed by atoms with Crippen LogP contribution in [0.25, 0.3) is 0 Å². The van der Waals surface area contributed by atoms with Crippen LogP contribution in [-0.2, 0) is 13.0 Å². The van der Waals surface area contributed by atoms with Gasteiger partial charge in [-0.1, -0.05) is 31.3 Å². The summed E-state index contributed by atoms with van der Waals surface area (Å²) in [5.41, 5.74) is 1.04. The molecule has 2 heterocycles. The molecule has 2 aromatic heterocycles. The van der Waals surface area contributed by atoms with Crippen LogP contribution in [0.2, 0.25) is 0 Å². The smallest absolute Gasteiger partial charge is 0.186 e. The molecule has 0 saturated heterocycles. The molecule has 0 N–H and O–H groups in total. The molecule has 2 aromatic rings. The van der Waals surface area contributed by atoms with Crippen LogP contribution < -0.4 is 4.90 Å². The highest BCUT2D eigenvalue weighted by atomic mass is 32.1. The Morgan fingerprint density at radius 3 is 2.86 bits per heavy atom. The molecule has 0 bridgehead atoms. The zero-order valence-electron chi connectivity index (χ0n) is 12.7. The Morgan fingerprint density at radius 1 is 1.38 bits per heavy atom. The first kappa shape index (κ1) is 14.7. The standard InChI is InChI=1S/C16H20N2OS2/c1-4-18(10-11-6-5-7-20-11)15-17-12-8-16(2,3)9-13(19)14(12)21-15/h5-7H,4,8-10H2,1-3H3. The molecule has 21 heavy (non-hydrogen) atoms. The molecule has 0 saturated carbocycles. The second-order valence-electron chi connectivity index (χ2n) is 6.31. The summed E-state index contributed by atoms with van der Waals surface area (Å²) in [6.45, 7) is 8.21. The van der Waals surface area contributed by atoms with Crippen LogP contribution in [0.1, 0.15) is 47.4 Å². The zero-order chi connectivity index (χ0) is 15.0. The first-order valence-electron chi connectivity index (χ1n) is 7.29. The number of hydrogen-bond acceptors (Lipinski definition) is 5. The van der Waals surface area contributed by atoms with E-state index in [2.05, 4.69) is 43.2 Å². The number of carbonyl (C=O) groups excluding carboxylic acids is 1. The van der Waals surface area contributed by atoms with E-state index in [0.717, 1.165) is 35.2 Å². The Kier molecular flexibility index (Phi) is 3.88. The van der Waals surface area contributed by atoms with Gasteiger partial charge < -0.3 is 4.90 Å². The van der Waals surface area contributed by atoms with Gasteiger partial charge in [-0.15, -0.1) is 11.3 Å². The first-order valence-corrected chi connectivity index (χ1v) is 8.98. The second-order valence-corrected chi connectivity index (χ2v) is 8.32. The van der Waals surface area contributed by atoms with E-state index < -0.39 is 0 Å². The number of ketones is 1. The van der Waals surface area contributed by atoms with Crippen molar-refractivity contribution >= 4 is 33.6 Å². The molecule has 1 aliphatic carbocycles. The van der Waals surface area contributed by atoms with E-state index in [1.54, 1.807) is 22.7 Å². The molecule has 0 aromatic carbocycles. The van der Waals surface area contributed by atoms with E-state index in [-0.39, 0.29) is 11.2 Å². The molecule has 1 aliphatic rings. The van der Waals surface area contributed by atoms with Crippen molar-refractivity contribution in [1.29, 1.82) is 0 Å². The number of carbonyl (C=O) groups is 1. The van der Waals surface area contributed by atoms with Gasteiger partial charge in [0, 0.05) is 17.8 Å². The third-order valence-corrected chi connectivity index (χ3v) is 5.86. The molecule has 0 spiro atoms. The lowest BCUT2D eigenvalue weighted by Gasteiger charge is -2.26. The Labute approximate surface area is 133 Å². The summed E-state index contributed by atoms with van der Waals surface area (Å²) >= 11 is 3.33. The number of thiazole rings is 1. The summed E-state index contributed by atoms with van der Waals surface area (Å²) in [6.07, 6.45) is 1.54. The number of nitrogens with zero attached hydrogens (tertiary/aromatic N) is 2. The van der Waals surface area contributed by atoms with Crippen molar-refractivity contribution in [2.45, 2.75) is 40.2 Å². The van der Waals surface area contributed by atoms with Gasteiger partial charge in [-0.2, -0.15) is 0 Å². The quantitative estimate of drug-likeness (QED) is 0.838. The minimum absolute atomic E-state index is 0.0419. The fourth-order valence-electron chi connectivity index (χ4n) is 2.75. The van der Waals surface area contributed by atoms with E-state index in [9.17, 15) is 4.79 Å². The third-order valence-electron chi connectivity index (χ3n) is 3.80.